The Bertz CT molecular complexity index is 1730. The Balaban J connectivity index is 1.27. The van der Waals surface area contributed by atoms with Gasteiger partial charge in [0.15, 0.2) is 0 Å². The molecule has 0 aliphatic heterocycles. The number of halogens is 2. The predicted molar refractivity (Wildman–Crippen MR) is 143 cm³/mol. The van der Waals surface area contributed by atoms with E-state index in [2.05, 4.69) is 30.9 Å². The summed E-state index contributed by atoms with van der Waals surface area (Å²) in [5.41, 5.74) is 3.55. The number of tetrazole rings is 1. The third-order valence-electron chi connectivity index (χ3n) is 6.63. The van der Waals surface area contributed by atoms with Crippen molar-refractivity contribution in [2.24, 2.45) is 0 Å². The first-order valence-corrected chi connectivity index (χ1v) is 13.0. The van der Waals surface area contributed by atoms with Crippen LogP contribution < -0.4 is 5.32 Å². The molecular formula is C26H25ClFN9O3. The Morgan fingerprint density at radius 1 is 1.27 bits per heavy atom. The van der Waals surface area contributed by atoms with E-state index < -0.39 is 17.8 Å². The molecule has 4 aromatic heterocycles. The van der Waals surface area contributed by atoms with Gasteiger partial charge in [0.05, 0.1) is 64.5 Å². The number of aromatic nitrogens is 8. The topological polar surface area (TPSA) is 137 Å². The van der Waals surface area contributed by atoms with Gasteiger partial charge >= 0.3 is 0 Å². The molecule has 206 valence electrons. The molecule has 1 saturated carbocycles. The highest BCUT2D eigenvalue weighted by atomic mass is 35.5. The molecule has 1 atom stereocenters. The standard InChI is InChI=1S/C26H25ClFN9O3/c1-14-20(12-35(32-14)11-17(38)13-40-2)15-5-6-36-24(7-15)19(10-29-36)26(39)30-23-8-18(22(28)9-21(23)27)25-31-34-37(33-25)16-3-4-16/h5-10,12,16-17,38H,3-4,11,13H2,1-2H3,(H,30,39)/t17-/m1/s1. The molecule has 1 amide bonds. The van der Waals surface area contributed by atoms with Crippen molar-refractivity contribution >= 4 is 28.7 Å². The fraction of sp³-hybridized carbons (Fsp3) is 0.308. The maximum atomic E-state index is 14.8. The lowest BCUT2D eigenvalue weighted by molar-refractivity contribution is 0.0513. The zero-order chi connectivity index (χ0) is 28.0. The first kappa shape index (κ1) is 26.0. The summed E-state index contributed by atoms with van der Waals surface area (Å²) in [5.74, 6) is -0.983. The van der Waals surface area contributed by atoms with Crippen molar-refractivity contribution < 1.29 is 19.0 Å². The van der Waals surface area contributed by atoms with E-state index in [1.54, 1.807) is 15.4 Å². The van der Waals surface area contributed by atoms with E-state index in [0.717, 1.165) is 35.7 Å². The third-order valence-corrected chi connectivity index (χ3v) is 6.94. The molecule has 0 spiro atoms. The van der Waals surface area contributed by atoms with Crippen LogP contribution in [0.2, 0.25) is 5.02 Å². The van der Waals surface area contributed by atoms with E-state index in [0.29, 0.717) is 11.1 Å². The number of carbonyl (C=O) groups is 1. The predicted octanol–water partition coefficient (Wildman–Crippen LogP) is 3.55. The van der Waals surface area contributed by atoms with Gasteiger partial charge in [0.1, 0.15) is 5.82 Å². The average molecular weight is 566 g/mol. The molecule has 5 aromatic rings. The van der Waals surface area contributed by atoms with Gasteiger partial charge in [-0.15, -0.1) is 10.2 Å². The average Bonchev–Trinajstić information content (AvgIpc) is 3.32. The van der Waals surface area contributed by atoms with Gasteiger partial charge in [0, 0.05) is 25.1 Å². The summed E-state index contributed by atoms with van der Waals surface area (Å²) < 4.78 is 23.0. The Morgan fingerprint density at radius 2 is 2.10 bits per heavy atom. The van der Waals surface area contributed by atoms with Gasteiger partial charge in [0.2, 0.25) is 5.82 Å². The quantitative estimate of drug-likeness (QED) is 0.277. The second kappa shape index (κ2) is 10.4. The lowest BCUT2D eigenvalue weighted by atomic mass is 10.1. The summed E-state index contributed by atoms with van der Waals surface area (Å²) in [6.45, 7) is 2.35. The number of benzene rings is 1. The number of aliphatic hydroxyl groups excluding tert-OH is 1. The van der Waals surface area contributed by atoms with Crippen molar-refractivity contribution in [3.05, 3.63) is 65.0 Å². The van der Waals surface area contributed by atoms with E-state index in [-0.39, 0.29) is 41.3 Å². The Labute approximate surface area is 232 Å². The molecule has 40 heavy (non-hydrogen) atoms. The molecule has 12 nitrogen and oxygen atoms in total. The molecule has 6 rings (SSSR count). The van der Waals surface area contributed by atoms with Crippen LogP contribution in [0.15, 0.2) is 42.9 Å². The normalized spacial score (nSPS) is 14.1. The van der Waals surface area contributed by atoms with E-state index in [1.165, 1.54) is 24.2 Å². The van der Waals surface area contributed by atoms with Crippen LogP contribution in [0.3, 0.4) is 0 Å². The van der Waals surface area contributed by atoms with Crippen LogP contribution >= 0.6 is 11.6 Å². The number of hydrogen-bond acceptors (Lipinski definition) is 8. The number of nitrogens with zero attached hydrogens (tertiary/aromatic N) is 8. The second-order valence-electron chi connectivity index (χ2n) is 9.69. The Kier molecular flexibility index (Phi) is 6.78. The molecule has 1 aromatic carbocycles. The van der Waals surface area contributed by atoms with Gasteiger partial charge in [-0.3, -0.25) is 9.48 Å². The fourth-order valence-corrected chi connectivity index (χ4v) is 4.68. The van der Waals surface area contributed by atoms with Crippen LogP contribution in [0.5, 0.6) is 0 Å². The molecule has 0 bridgehead atoms. The minimum absolute atomic E-state index is 0.0278. The van der Waals surface area contributed by atoms with Crippen molar-refractivity contribution in [3.8, 4) is 22.5 Å². The smallest absolute Gasteiger partial charge is 0.259 e. The van der Waals surface area contributed by atoms with Crippen LogP contribution in [0.4, 0.5) is 10.1 Å². The first-order valence-electron chi connectivity index (χ1n) is 12.6. The van der Waals surface area contributed by atoms with Crippen LogP contribution in [-0.4, -0.2) is 70.4 Å². The Morgan fingerprint density at radius 3 is 2.88 bits per heavy atom. The summed E-state index contributed by atoms with van der Waals surface area (Å²) in [4.78, 5) is 14.8. The molecule has 0 unspecified atom stereocenters. The van der Waals surface area contributed by atoms with Crippen molar-refractivity contribution in [1.29, 1.82) is 0 Å². The number of anilines is 1. The summed E-state index contributed by atoms with van der Waals surface area (Å²) in [7, 11) is 1.53. The minimum atomic E-state index is -0.690. The van der Waals surface area contributed by atoms with E-state index in [1.807, 2.05) is 25.3 Å². The maximum Gasteiger partial charge on any atom is 0.259 e. The maximum absolute atomic E-state index is 14.8. The SMILES string of the molecule is COC[C@H](O)Cn1cc(-c2ccn3ncc(C(=O)Nc4cc(-c5nnn(C6CC6)n5)c(F)cc4Cl)c3c2)c(C)n1. The van der Waals surface area contributed by atoms with Gasteiger partial charge in [-0.05, 0) is 54.8 Å². The van der Waals surface area contributed by atoms with E-state index in [9.17, 15) is 14.3 Å². The molecular weight excluding hydrogens is 541 g/mol. The van der Waals surface area contributed by atoms with Crippen LogP contribution in [0.25, 0.3) is 28.0 Å². The van der Waals surface area contributed by atoms with Crippen molar-refractivity contribution in [2.75, 3.05) is 19.0 Å². The molecule has 1 fully saturated rings. The summed E-state index contributed by atoms with van der Waals surface area (Å²) in [5, 5.41) is 33.9. The number of aryl methyl sites for hydroxylation is 1. The molecule has 0 radical (unpaired) electrons. The van der Waals surface area contributed by atoms with E-state index >= 15 is 0 Å². The highest BCUT2D eigenvalue weighted by Crippen LogP contribution is 2.35. The number of rotatable bonds is 9. The number of aliphatic hydroxyl groups is 1. The number of ether oxygens (including phenoxy) is 1. The van der Waals surface area contributed by atoms with Gasteiger partial charge in [-0.1, -0.05) is 11.6 Å². The second-order valence-corrected chi connectivity index (χ2v) is 10.1. The molecule has 1 aliphatic rings. The van der Waals surface area contributed by atoms with E-state index in [4.69, 9.17) is 16.3 Å². The highest BCUT2D eigenvalue weighted by Gasteiger charge is 2.27. The van der Waals surface area contributed by atoms with Gasteiger partial charge in [-0.2, -0.15) is 15.0 Å². The molecule has 2 N–H and O–H groups in total. The largest absolute Gasteiger partial charge is 0.389 e. The zero-order valence-electron chi connectivity index (χ0n) is 21.6. The first-order chi connectivity index (χ1) is 19.3. The number of pyridine rings is 1. The Hall–Kier alpha value is -4.20. The molecule has 14 heteroatoms. The lowest BCUT2D eigenvalue weighted by Crippen LogP contribution is -2.21. The number of fused-ring (bicyclic) bond motifs is 1. The fourth-order valence-electron chi connectivity index (χ4n) is 4.48. The van der Waals surface area contributed by atoms with Gasteiger partial charge in [0.25, 0.3) is 5.91 Å². The molecule has 1 aliphatic carbocycles. The number of nitrogens with one attached hydrogen (secondary N) is 1. The van der Waals surface area contributed by atoms with Crippen molar-refractivity contribution in [1.82, 2.24) is 39.6 Å². The van der Waals surface area contributed by atoms with Gasteiger partial charge in [-0.25, -0.2) is 8.91 Å². The summed E-state index contributed by atoms with van der Waals surface area (Å²) >= 11 is 6.29. The number of methoxy groups -OCH3 is 1. The monoisotopic (exact) mass is 565 g/mol. The summed E-state index contributed by atoms with van der Waals surface area (Å²) in [6, 6.07) is 6.41. The zero-order valence-corrected chi connectivity index (χ0v) is 22.4. The van der Waals surface area contributed by atoms with Crippen molar-refractivity contribution in [2.45, 2.75) is 38.5 Å². The van der Waals surface area contributed by atoms with Gasteiger partial charge < -0.3 is 15.2 Å². The molecule has 0 saturated heterocycles. The number of carbonyl (C=O) groups excluding carboxylic acids is 1. The number of hydrogen-bond donors (Lipinski definition) is 2. The lowest BCUT2D eigenvalue weighted by Gasteiger charge is -2.09. The third kappa shape index (κ3) is 5.06. The van der Waals surface area contributed by atoms with Crippen molar-refractivity contribution in [3.63, 3.8) is 0 Å². The van der Waals surface area contributed by atoms with Crippen LogP contribution in [-0.2, 0) is 11.3 Å². The van der Waals surface area contributed by atoms with Crippen LogP contribution in [0.1, 0.15) is 34.9 Å². The summed E-state index contributed by atoms with van der Waals surface area (Å²) in [6.07, 6.45) is 6.26. The van der Waals surface area contributed by atoms with Crippen LogP contribution in [0, 0.1) is 12.7 Å². The number of amides is 1. The highest BCUT2D eigenvalue weighted by molar-refractivity contribution is 6.34. The molecule has 4 heterocycles. The minimum Gasteiger partial charge on any atom is -0.389 e.